The van der Waals surface area contributed by atoms with Gasteiger partial charge in [0.25, 0.3) is 5.91 Å². The Morgan fingerprint density at radius 2 is 1.68 bits per heavy atom. The van der Waals surface area contributed by atoms with Crippen molar-refractivity contribution in [3.63, 3.8) is 0 Å². The number of benzene rings is 2. The summed E-state index contributed by atoms with van der Waals surface area (Å²) in [6.07, 6.45) is 4.60. The van der Waals surface area contributed by atoms with Gasteiger partial charge in [0.2, 0.25) is 5.91 Å². The lowest BCUT2D eigenvalue weighted by molar-refractivity contribution is -0.116. The molecule has 28 heavy (non-hydrogen) atoms. The maximum atomic E-state index is 12.2. The van der Waals surface area contributed by atoms with Gasteiger partial charge in [-0.2, -0.15) is 0 Å². The summed E-state index contributed by atoms with van der Waals surface area (Å²) < 4.78 is 0. The van der Waals surface area contributed by atoms with Crippen LogP contribution in [0.3, 0.4) is 0 Å². The van der Waals surface area contributed by atoms with Crippen LogP contribution in [0.5, 0.6) is 0 Å². The maximum absolute atomic E-state index is 12.2. The van der Waals surface area contributed by atoms with E-state index in [1.807, 2.05) is 18.2 Å². The predicted octanol–water partition coefficient (Wildman–Crippen LogP) is 3.38. The summed E-state index contributed by atoms with van der Waals surface area (Å²) in [6.45, 7) is 2.71. The number of hydrogen-bond acceptors (Lipinski definition) is 3. The highest BCUT2D eigenvalue weighted by Gasteiger charge is 2.14. The first-order chi connectivity index (χ1) is 13.7. The lowest BCUT2D eigenvalue weighted by atomic mass is 9.93. The van der Waals surface area contributed by atoms with Crippen molar-refractivity contribution in [1.29, 1.82) is 0 Å². The van der Waals surface area contributed by atoms with E-state index in [-0.39, 0.29) is 11.8 Å². The fraction of sp³-hybridized carbons (Fsp3) is 0.391. The summed E-state index contributed by atoms with van der Waals surface area (Å²) in [7, 11) is 0. The average molecular weight is 380 g/mol. The van der Waals surface area contributed by atoms with E-state index in [4.69, 9.17) is 0 Å². The number of anilines is 1. The second-order valence-corrected chi connectivity index (χ2v) is 7.35. The third-order valence-corrected chi connectivity index (χ3v) is 5.21. The highest BCUT2D eigenvalue weighted by molar-refractivity contribution is 5.95. The van der Waals surface area contributed by atoms with E-state index in [0.717, 1.165) is 44.5 Å². The van der Waals surface area contributed by atoms with Crippen molar-refractivity contribution in [3.05, 3.63) is 65.7 Å². The zero-order chi connectivity index (χ0) is 19.6. The summed E-state index contributed by atoms with van der Waals surface area (Å²) >= 11 is 0. The van der Waals surface area contributed by atoms with Crippen LogP contribution in [0.25, 0.3) is 0 Å². The molecule has 0 aliphatic carbocycles. The Hall–Kier alpha value is -2.66. The van der Waals surface area contributed by atoms with E-state index >= 15 is 0 Å². The van der Waals surface area contributed by atoms with Gasteiger partial charge in [-0.15, -0.1) is 0 Å². The standard InChI is InChI=1S/C23H29N3O2/c27-22(11-6-19-12-15-24-16-13-19)26-21-9-7-20(8-10-21)23(28)25-17-14-18-4-2-1-3-5-18/h1-5,7-10,19,24H,6,11-17H2,(H,25,28)(H,26,27). The lowest BCUT2D eigenvalue weighted by Crippen LogP contribution is -2.28. The van der Waals surface area contributed by atoms with Crippen molar-refractivity contribution in [1.82, 2.24) is 10.6 Å². The van der Waals surface area contributed by atoms with Crippen LogP contribution in [0.4, 0.5) is 5.69 Å². The largest absolute Gasteiger partial charge is 0.352 e. The molecule has 2 aromatic carbocycles. The van der Waals surface area contributed by atoms with E-state index in [9.17, 15) is 9.59 Å². The number of amides is 2. The van der Waals surface area contributed by atoms with Gasteiger partial charge in [-0.3, -0.25) is 9.59 Å². The van der Waals surface area contributed by atoms with E-state index in [1.165, 1.54) is 5.56 Å². The summed E-state index contributed by atoms with van der Waals surface area (Å²) in [5, 5.41) is 9.20. The Morgan fingerprint density at radius 1 is 0.964 bits per heavy atom. The van der Waals surface area contributed by atoms with Crippen molar-refractivity contribution in [2.24, 2.45) is 5.92 Å². The fourth-order valence-corrected chi connectivity index (χ4v) is 3.50. The van der Waals surface area contributed by atoms with Crippen molar-refractivity contribution in [2.75, 3.05) is 25.0 Å². The van der Waals surface area contributed by atoms with Crippen LogP contribution in [0, 0.1) is 5.92 Å². The minimum absolute atomic E-state index is 0.0404. The van der Waals surface area contributed by atoms with Crippen LogP contribution < -0.4 is 16.0 Å². The molecule has 5 nitrogen and oxygen atoms in total. The van der Waals surface area contributed by atoms with Gasteiger partial charge in [0, 0.05) is 24.2 Å². The minimum atomic E-state index is -0.0975. The van der Waals surface area contributed by atoms with Gasteiger partial charge < -0.3 is 16.0 Å². The molecule has 3 rings (SSSR count). The van der Waals surface area contributed by atoms with Gasteiger partial charge in [0.1, 0.15) is 0 Å². The van der Waals surface area contributed by atoms with Gasteiger partial charge in [-0.1, -0.05) is 30.3 Å². The predicted molar refractivity (Wildman–Crippen MR) is 112 cm³/mol. The number of hydrogen-bond donors (Lipinski definition) is 3. The third-order valence-electron chi connectivity index (χ3n) is 5.21. The molecule has 0 unspecified atom stereocenters. The van der Waals surface area contributed by atoms with E-state index < -0.39 is 0 Å². The number of carbonyl (C=O) groups excluding carboxylic acids is 2. The molecule has 1 fully saturated rings. The molecule has 1 saturated heterocycles. The zero-order valence-electron chi connectivity index (χ0n) is 16.2. The Labute approximate surface area is 166 Å². The molecule has 2 amide bonds. The summed E-state index contributed by atoms with van der Waals surface area (Å²) in [6, 6.07) is 17.1. The number of nitrogens with one attached hydrogen (secondary N) is 3. The quantitative estimate of drug-likeness (QED) is 0.659. The molecule has 0 atom stereocenters. The van der Waals surface area contributed by atoms with E-state index in [0.29, 0.717) is 24.4 Å². The second-order valence-electron chi connectivity index (χ2n) is 7.35. The Morgan fingerprint density at radius 3 is 2.39 bits per heavy atom. The molecule has 1 aliphatic rings. The molecular formula is C23H29N3O2. The highest BCUT2D eigenvalue weighted by Crippen LogP contribution is 2.18. The molecule has 0 radical (unpaired) electrons. The number of rotatable bonds is 8. The maximum Gasteiger partial charge on any atom is 0.251 e. The van der Waals surface area contributed by atoms with Crippen molar-refractivity contribution in [3.8, 4) is 0 Å². The molecule has 0 aromatic heterocycles. The third kappa shape index (κ3) is 6.50. The summed E-state index contributed by atoms with van der Waals surface area (Å²) in [5.74, 6) is 0.590. The van der Waals surface area contributed by atoms with E-state index in [2.05, 4.69) is 28.1 Å². The molecule has 0 spiro atoms. The van der Waals surface area contributed by atoms with Crippen LogP contribution >= 0.6 is 0 Å². The Balaban J connectivity index is 1.39. The smallest absolute Gasteiger partial charge is 0.251 e. The van der Waals surface area contributed by atoms with Crippen LogP contribution in [0.15, 0.2) is 54.6 Å². The molecule has 1 heterocycles. The Kier molecular flexibility index (Phi) is 7.62. The molecule has 0 saturated carbocycles. The van der Waals surface area contributed by atoms with Crippen LogP contribution in [-0.4, -0.2) is 31.4 Å². The first kappa shape index (κ1) is 20.1. The molecule has 1 aliphatic heterocycles. The van der Waals surface area contributed by atoms with Crippen LogP contribution in [-0.2, 0) is 11.2 Å². The van der Waals surface area contributed by atoms with Gasteiger partial charge in [0.05, 0.1) is 0 Å². The van der Waals surface area contributed by atoms with Crippen molar-refractivity contribution >= 4 is 17.5 Å². The summed E-state index contributed by atoms with van der Waals surface area (Å²) in [4.78, 5) is 24.4. The Bertz CT molecular complexity index is 753. The lowest BCUT2D eigenvalue weighted by Gasteiger charge is -2.22. The topological polar surface area (TPSA) is 70.2 Å². The molecule has 148 valence electrons. The van der Waals surface area contributed by atoms with Crippen LogP contribution in [0.1, 0.15) is 41.6 Å². The highest BCUT2D eigenvalue weighted by atomic mass is 16.2. The monoisotopic (exact) mass is 379 g/mol. The molecule has 2 aromatic rings. The molecule has 3 N–H and O–H groups in total. The van der Waals surface area contributed by atoms with Gasteiger partial charge >= 0.3 is 0 Å². The van der Waals surface area contributed by atoms with Gasteiger partial charge in [0.15, 0.2) is 0 Å². The number of carbonyl (C=O) groups is 2. The average Bonchev–Trinajstić information content (AvgIpc) is 2.74. The minimum Gasteiger partial charge on any atom is -0.352 e. The fourth-order valence-electron chi connectivity index (χ4n) is 3.50. The zero-order valence-corrected chi connectivity index (χ0v) is 16.2. The molecular weight excluding hydrogens is 350 g/mol. The van der Waals surface area contributed by atoms with Gasteiger partial charge in [-0.05, 0) is 74.5 Å². The first-order valence-corrected chi connectivity index (χ1v) is 10.1. The van der Waals surface area contributed by atoms with E-state index in [1.54, 1.807) is 24.3 Å². The van der Waals surface area contributed by atoms with Crippen molar-refractivity contribution in [2.45, 2.75) is 32.1 Å². The molecule has 0 bridgehead atoms. The molecule has 5 heteroatoms. The normalized spacial score (nSPS) is 14.4. The summed E-state index contributed by atoms with van der Waals surface area (Å²) in [5.41, 5.74) is 2.53. The first-order valence-electron chi connectivity index (χ1n) is 10.1. The van der Waals surface area contributed by atoms with Crippen molar-refractivity contribution < 1.29 is 9.59 Å². The van der Waals surface area contributed by atoms with Crippen LogP contribution in [0.2, 0.25) is 0 Å². The second kappa shape index (κ2) is 10.6. The van der Waals surface area contributed by atoms with Gasteiger partial charge in [-0.25, -0.2) is 0 Å². The number of piperidine rings is 1. The SMILES string of the molecule is O=C(CCC1CCNCC1)Nc1ccc(C(=O)NCCc2ccccc2)cc1.